The van der Waals surface area contributed by atoms with Gasteiger partial charge in [-0.05, 0) is 36.1 Å². The number of hydrogen-bond acceptors (Lipinski definition) is 6. The number of sulfone groups is 1. The molecular weight excluding hydrogens is 452 g/mol. The van der Waals surface area contributed by atoms with Crippen molar-refractivity contribution in [1.82, 2.24) is 10.6 Å². The zero-order chi connectivity index (χ0) is 24.8. The van der Waals surface area contributed by atoms with E-state index >= 15 is 0 Å². The maximum absolute atomic E-state index is 13.8. The van der Waals surface area contributed by atoms with Crippen LogP contribution in [0.25, 0.3) is 0 Å². The van der Waals surface area contributed by atoms with E-state index in [1.165, 1.54) is 0 Å². The number of aliphatic carboxylic acids is 1. The molecule has 0 saturated carbocycles. The van der Waals surface area contributed by atoms with Crippen LogP contribution in [-0.2, 0) is 21.2 Å². The topological polar surface area (TPSA) is 105 Å². The molecule has 3 rings (SSSR count). The minimum Gasteiger partial charge on any atom is -0.496 e. The molecule has 0 unspecified atom stereocenters. The minimum absolute atomic E-state index is 0.0119. The second-order valence-electron chi connectivity index (χ2n) is 9.01. The van der Waals surface area contributed by atoms with Crippen LogP contribution < -0.4 is 15.4 Å². The zero-order valence-corrected chi connectivity index (χ0v) is 21.1. The standard InChI is InChI=1S/C26H36N2O5S/c1-4-6-13-26(5-2)18-34(31,32)23-15-20(17-27-14-12-24(29)30)22(33-3)16-21(23)25(28-26)19-10-8-7-9-11-19/h7-11,15-16,25,27-28H,4-6,12-14,17-18H2,1-3H3,(H,29,30)/t25-,26-/m1/s1. The van der Waals surface area contributed by atoms with Gasteiger partial charge in [0.15, 0.2) is 9.84 Å². The smallest absolute Gasteiger partial charge is 0.304 e. The summed E-state index contributed by atoms with van der Waals surface area (Å²) in [7, 11) is -2.04. The predicted molar refractivity (Wildman–Crippen MR) is 133 cm³/mol. The van der Waals surface area contributed by atoms with Crippen molar-refractivity contribution in [1.29, 1.82) is 0 Å². The third-order valence-corrected chi connectivity index (χ3v) is 8.58. The molecule has 7 nitrogen and oxygen atoms in total. The molecule has 1 aliphatic rings. The van der Waals surface area contributed by atoms with Gasteiger partial charge in [0.1, 0.15) is 5.75 Å². The Morgan fingerprint density at radius 1 is 1.24 bits per heavy atom. The van der Waals surface area contributed by atoms with Crippen molar-refractivity contribution in [2.75, 3.05) is 19.4 Å². The molecule has 0 saturated heterocycles. The Balaban J connectivity index is 2.13. The average Bonchev–Trinajstić information content (AvgIpc) is 2.92. The summed E-state index contributed by atoms with van der Waals surface area (Å²) in [6, 6.07) is 13.2. The molecule has 2 aromatic carbocycles. The summed E-state index contributed by atoms with van der Waals surface area (Å²) in [5, 5.41) is 15.7. The van der Waals surface area contributed by atoms with Crippen LogP contribution in [0.15, 0.2) is 47.4 Å². The average molecular weight is 489 g/mol. The number of unbranched alkanes of at least 4 members (excludes halogenated alkanes) is 1. The predicted octanol–water partition coefficient (Wildman–Crippen LogP) is 4.06. The molecule has 0 radical (unpaired) electrons. The Kier molecular flexibility index (Phi) is 8.73. The van der Waals surface area contributed by atoms with Gasteiger partial charge in [0.25, 0.3) is 0 Å². The molecule has 0 amide bonds. The van der Waals surface area contributed by atoms with Gasteiger partial charge in [0.05, 0.1) is 30.2 Å². The van der Waals surface area contributed by atoms with Gasteiger partial charge in [0.2, 0.25) is 0 Å². The summed E-state index contributed by atoms with van der Waals surface area (Å²) in [5.41, 5.74) is 1.84. The van der Waals surface area contributed by atoms with Crippen LogP contribution >= 0.6 is 0 Å². The van der Waals surface area contributed by atoms with Crippen molar-refractivity contribution in [3.63, 3.8) is 0 Å². The lowest BCUT2D eigenvalue weighted by atomic mass is 9.88. The fourth-order valence-electron chi connectivity index (χ4n) is 4.68. The zero-order valence-electron chi connectivity index (χ0n) is 20.3. The molecule has 0 aromatic heterocycles. The number of ether oxygens (including phenoxy) is 1. The number of fused-ring (bicyclic) bond motifs is 1. The highest BCUT2D eigenvalue weighted by Crippen LogP contribution is 2.40. The van der Waals surface area contributed by atoms with Crippen LogP contribution in [0.5, 0.6) is 5.75 Å². The van der Waals surface area contributed by atoms with Crippen LogP contribution in [-0.4, -0.2) is 44.4 Å². The normalized spacial score (nSPS) is 21.4. The van der Waals surface area contributed by atoms with Crippen LogP contribution in [0.1, 0.15) is 68.7 Å². The van der Waals surface area contributed by atoms with Gasteiger partial charge in [-0.15, -0.1) is 0 Å². The van der Waals surface area contributed by atoms with E-state index in [0.717, 1.165) is 24.8 Å². The van der Waals surface area contributed by atoms with Crippen molar-refractivity contribution >= 4 is 15.8 Å². The lowest BCUT2D eigenvalue weighted by molar-refractivity contribution is -0.136. The highest BCUT2D eigenvalue weighted by atomic mass is 32.2. The van der Waals surface area contributed by atoms with Gasteiger partial charge in [-0.3, -0.25) is 10.1 Å². The van der Waals surface area contributed by atoms with Gasteiger partial charge >= 0.3 is 5.97 Å². The van der Waals surface area contributed by atoms with Crippen LogP contribution in [0.3, 0.4) is 0 Å². The monoisotopic (exact) mass is 488 g/mol. The number of carbonyl (C=O) groups is 1. The molecule has 1 heterocycles. The van der Waals surface area contributed by atoms with Crippen molar-refractivity contribution in [2.45, 2.75) is 69.0 Å². The van der Waals surface area contributed by atoms with Crippen LogP contribution in [0, 0.1) is 0 Å². The van der Waals surface area contributed by atoms with Crippen LogP contribution in [0.4, 0.5) is 0 Å². The second kappa shape index (κ2) is 11.3. The van der Waals surface area contributed by atoms with E-state index in [4.69, 9.17) is 9.84 Å². The van der Waals surface area contributed by atoms with E-state index in [1.54, 1.807) is 13.2 Å². The van der Waals surface area contributed by atoms with Crippen molar-refractivity contribution in [2.24, 2.45) is 0 Å². The van der Waals surface area contributed by atoms with Gasteiger partial charge < -0.3 is 15.2 Å². The van der Waals surface area contributed by atoms with Crippen LogP contribution in [0.2, 0.25) is 0 Å². The maximum Gasteiger partial charge on any atom is 0.304 e. The van der Waals surface area contributed by atoms with Gasteiger partial charge in [-0.25, -0.2) is 8.42 Å². The van der Waals surface area contributed by atoms with E-state index < -0.39 is 21.3 Å². The van der Waals surface area contributed by atoms with E-state index in [-0.39, 0.29) is 24.8 Å². The first kappa shape index (κ1) is 26.2. The molecule has 0 bridgehead atoms. The van der Waals surface area contributed by atoms with E-state index in [1.807, 2.05) is 36.4 Å². The third-order valence-electron chi connectivity index (χ3n) is 6.63. The first-order valence-electron chi connectivity index (χ1n) is 11.9. The number of methoxy groups -OCH3 is 1. The molecule has 1 aliphatic heterocycles. The molecule has 0 aliphatic carbocycles. The molecule has 34 heavy (non-hydrogen) atoms. The highest BCUT2D eigenvalue weighted by molar-refractivity contribution is 7.91. The number of carboxylic acids is 1. The van der Waals surface area contributed by atoms with Gasteiger partial charge in [-0.1, -0.05) is 57.0 Å². The van der Waals surface area contributed by atoms with Crippen molar-refractivity contribution in [3.8, 4) is 5.75 Å². The second-order valence-corrected chi connectivity index (χ2v) is 11.0. The number of carboxylic acid groups (broad SMARTS) is 1. The number of benzene rings is 2. The van der Waals surface area contributed by atoms with Crippen molar-refractivity contribution < 1.29 is 23.1 Å². The summed E-state index contributed by atoms with van der Waals surface area (Å²) in [6.07, 6.45) is 3.40. The largest absolute Gasteiger partial charge is 0.496 e. The number of rotatable bonds is 11. The molecular formula is C26H36N2O5S. The summed E-state index contributed by atoms with van der Waals surface area (Å²) in [4.78, 5) is 11.1. The fourth-order valence-corrected chi connectivity index (χ4v) is 6.85. The Bertz CT molecular complexity index is 1090. The highest BCUT2D eigenvalue weighted by Gasteiger charge is 2.42. The summed E-state index contributed by atoms with van der Waals surface area (Å²) in [6.45, 7) is 4.77. The summed E-state index contributed by atoms with van der Waals surface area (Å²) in [5.74, 6) is -0.272. The summed E-state index contributed by atoms with van der Waals surface area (Å²) < 4.78 is 33.2. The van der Waals surface area contributed by atoms with E-state index in [0.29, 0.717) is 34.7 Å². The first-order chi connectivity index (χ1) is 16.2. The SMILES string of the molecule is CCCC[C@]1(CC)CS(=O)(=O)c2cc(CNCCC(=O)O)c(OC)cc2[C@@H](c2ccccc2)N1. The lowest BCUT2D eigenvalue weighted by Crippen LogP contribution is -2.50. The molecule has 186 valence electrons. The van der Waals surface area contributed by atoms with E-state index in [2.05, 4.69) is 24.5 Å². The number of nitrogens with one attached hydrogen (secondary N) is 2. The Morgan fingerprint density at radius 2 is 1.97 bits per heavy atom. The van der Waals surface area contributed by atoms with Gasteiger partial charge in [0, 0.05) is 24.2 Å². The summed E-state index contributed by atoms with van der Waals surface area (Å²) >= 11 is 0. The van der Waals surface area contributed by atoms with Crippen molar-refractivity contribution in [3.05, 3.63) is 59.2 Å². The van der Waals surface area contributed by atoms with E-state index in [9.17, 15) is 13.2 Å². The third kappa shape index (κ3) is 5.98. The quantitative estimate of drug-likeness (QED) is 0.410. The molecule has 0 fully saturated rings. The minimum atomic E-state index is -3.60. The maximum atomic E-state index is 13.8. The van der Waals surface area contributed by atoms with Gasteiger partial charge in [-0.2, -0.15) is 0 Å². The molecule has 3 N–H and O–H groups in total. The molecule has 2 aromatic rings. The molecule has 0 spiro atoms. The Hall–Kier alpha value is -2.42. The molecule has 2 atom stereocenters. The molecule has 8 heteroatoms. The number of hydrogen-bond donors (Lipinski definition) is 3. The Labute approximate surface area is 202 Å². The first-order valence-corrected chi connectivity index (χ1v) is 13.6. The fraction of sp³-hybridized carbons (Fsp3) is 0.500. The lowest BCUT2D eigenvalue weighted by Gasteiger charge is -2.36. The Morgan fingerprint density at radius 3 is 2.59 bits per heavy atom.